The van der Waals surface area contributed by atoms with E-state index in [1.165, 1.54) is 0 Å². The van der Waals surface area contributed by atoms with Gasteiger partial charge >= 0.3 is 5.97 Å². The molecule has 0 aromatic rings. The zero-order chi connectivity index (χ0) is 15.3. The number of piperazine rings is 1. The van der Waals surface area contributed by atoms with Crippen LogP contribution in [0.2, 0.25) is 0 Å². The normalized spacial score (nSPS) is 19.6. The minimum Gasteiger partial charge on any atom is -0.480 e. The molecule has 0 aromatic carbocycles. The summed E-state index contributed by atoms with van der Waals surface area (Å²) in [5.41, 5.74) is -0.184. The minimum absolute atomic E-state index is 0.0449. The van der Waals surface area contributed by atoms with E-state index in [0.717, 1.165) is 19.5 Å². The zero-order valence-electron chi connectivity index (χ0n) is 13.0. The third-order valence-electron chi connectivity index (χ3n) is 4.04. The summed E-state index contributed by atoms with van der Waals surface area (Å²) in [5.74, 6) is -0.752. The van der Waals surface area contributed by atoms with E-state index < -0.39 is 5.97 Å². The molecule has 0 aliphatic carbocycles. The second kappa shape index (κ2) is 7.04. The molecule has 20 heavy (non-hydrogen) atoms. The number of hydrogen-bond acceptors (Lipinski definition) is 4. The largest absolute Gasteiger partial charge is 0.480 e. The molecule has 1 rings (SSSR count). The van der Waals surface area contributed by atoms with E-state index in [4.69, 9.17) is 5.11 Å². The van der Waals surface area contributed by atoms with E-state index in [-0.39, 0.29) is 24.0 Å². The van der Waals surface area contributed by atoms with Crippen molar-refractivity contribution in [3.05, 3.63) is 0 Å². The fraction of sp³-hybridized carbons (Fsp3) is 0.857. The van der Waals surface area contributed by atoms with E-state index >= 15 is 0 Å². The molecule has 6 heteroatoms. The first-order valence-electron chi connectivity index (χ1n) is 7.25. The lowest BCUT2D eigenvalue weighted by Crippen LogP contribution is -2.57. The first-order chi connectivity index (χ1) is 9.25. The summed E-state index contributed by atoms with van der Waals surface area (Å²) >= 11 is 0. The van der Waals surface area contributed by atoms with Crippen molar-refractivity contribution in [2.45, 2.75) is 45.7 Å². The predicted molar refractivity (Wildman–Crippen MR) is 77.6 cm³/mol. The Bertz CT molecular complexity index is 350. The van der Waals surface area contributed by atoms with Crippen molar-refractivity contribution in [2.75, 3.05) is 32.7 Å². The van der Waals surface area contributed by atoms with Crippen LogP contribution < -0.4 is 5.32 Å². The Labute approximate surface area is 121 Å². The van der Waals surface area contributed by atoms with Crippen LogP contribution in [-0.2, 0) is 9.59 Å². The molecule has 116 valence electrons. The Morgan fingerprint density at radius 3 is 2.25 bits per heavy atom. The van der Waals surface area contributed by atoms with E-state index in [2.05, 4.69) is 17.1 Å². The maximum absolute atomic E-state index is 12.2. The number of aliphatic carboxylic acids is 1. The summed E-state index contributed by atoms with van der Waals surface area (Å²) in [5, 5.41) is 11.8. The van der Waals surface area contributed by atoms with Crippen LogP contribution in [-0.4, -0.2) is 71.1 Å². The summed E-state index contributed by atoms with van der Waals surface area (Å²) in [7, 11) is 0. The van der Waals surface area contributed by atoms with Gasteiger partial charge in [0.25, 0.3) is 0 Å². The second-order valence-corrected chi connectivity index (χ2v) is 6.11. The van der Waals surface area contributed by atoms with Crippen molar-refractivity contribution >= 4 is 11.9 Å². The van der Waals surface area contributed by atoms with Crippen molar-refractivity contribution in [2.24, 2.45) is 0 Å². The molecule has 1 fully saturated rings. The van der Waals surface area contributed by atoms with Gasteiger partial charge in [0, 0.05) is 31.7 Å². The zero-order valence-corrected chi connectivity index (χ0v) is 13.0. The molecule has 0 spiro atoms. The predicted octanol–water partition coefficient (Wildman–Crippen LogP) is 0.382. The smallest absolute Gasteiger partial charge is 0.317 e. The van der Waals surface area contributed by atoms with Crippen LogP contribution in [0, 0.1) is 0 Å². The molecule has 1 unspecified atom stereocenters. The molecule has 6 nitrogen and oxygen atoms in total. The van der Waals surface area contributed by atoms with E-state index in [9.17, 15) is 9.59 Å². The molecular formula is C14H27N3O3. The first kappa shape index (κ1) is 16.9. The van der Waals surface area contributed by atoms with Crippen LogP contribution in [0.25, 0.3) is 0 Å². The van der Waals surface area contributed by atoms with Crippen LogP contribution >= 0.6 is 0 Å². The van der Waals surface area contributed by atoms with Crippen LogP contribution in [0.3, 0.4) is 0 Å². The SMILES string of the molecule is CCC(C)(C)NC(=O)C(C)N1CCN(CC(=O)O)CC1. The Morgan fingerprint density at radius 1 is 1.25 bits per heavy atom. The Kier molecular flexibility index (Phi) is 5.95. The molecule has 1 heterocycles. The third-order valence-corrected chi connectivity index (χ3v) is 4.04. The number of nitrogens with zero attached hydrogens (tertiary/aromatic N) is 2. The summed E-state index contributed by atoms with van der Waals surface area (Å²) < 4.78 is 0. The van der Waals surface area contributed by atoms with Crippen LogP contribution in [0.4, 0.5) is 0 Å². The second-order valence-electron chi connectivity index (χ2n) is 6.11. The first-order valence-corrected chi connectivity index (χ1v) is 7.25. The molecule has 0 bridgehead atoms. The number of nitrogens with one attached hydrogen (secondary N) is 1. The highest BCUT2D eigenvalue weighted by Crippen LogP contribution is 2.11. The van der Waals surface area contributed by atoms with E-state index in [1.54, 1.807) is 0 Å². The molecule has 1 amide bonds. The molecule has 1 aliphatic rings. The molecule has 0 saturated carbocycles. The lowest BCUT2D eigenvalue weighted by molar-refractivity contribution is -0.139. The van der Waals surface area contributed by atoms with Crippen LogP contribution in [0.1, 0.15) is 34.1 Å². The number of carboxylic acid groups (broad SMARTS) is 1. The maximum Gasteiger partial charge on any atom is 0.317 e. The summed E-state index contributed by atoms with van der Waals surface area (Å²) in [6.07, 6.45) is 0.887. The third kappa shape index (κ3) is 5.09. The van der Waals surface area contributed by atoms with Crippen LogP contribution in [0.15, 0.2) is 0 Å². The van der Waals surface area contributed by atoms with Gasteiger partial charge in [-0.1, -0.05) is 6.92 Å². The fourth-order valence-electron chi connectivity index (χ4n) is 2.19. The number of hydrogen-bond donors (Lipinski definition) is 2. The molecule has 0 aromatic heterocycles. The fourth-order valence-corrected chi connectivity index (χ4v) is 2.19. The van der Waals surface area contributed by atoms with E-state index in [0.29, 0.717) is 13.1 Å². The van der Waals surface area contributed by atoms with Gasteiger partial charge in [-0.2, -0.15) is 0 Å². The molecule has 2 N–H and O–H groups in total. The Balaban J connectivity index is 2.44. The Hall–Kier alpha value is -1.14. The molecule has 0 radical (unpaired) electrons. The summed E-state index contributed by atoms with van der Waals surface area (Å²) in [6, 6.07) is -0.173. The number of rotatable bonds is 6. The van der Waals surface area contributed by atoms with Gasteiger partial charge in [0.1, 0.15) is 0 Å². The summed E-state index contributed by atoms with van der Waals surface area (Å²) in [6.45, 7) is 10.9. The topological polar surface area (TPSA) is 72.9 Å². The highest BCUT2D eigenvalue weighted by atomic mass is 16.4. The average Bonchev–Trinajstić information content (AvgIpc) is 2.37. The van der Waals surface area contributed by atoms with Crippen molar-refractivity contribution in [1.29, 1.82) is 0 Å². The average molecular weight is 285 g/mol. The number of amides is 1. The lowest BCUT2D eigenvalue weighted by Gasteiger charge is -2.38. The van der Waals surface area contributed by atoms with Gasteiger partial charge in [-0.15, -0.1) is 0 Å². The lowest BCUT2D eigenvalue weighted by atomic mass is 10.0. The van der Waals surface area contributed by atoms with Gasteiger partial charge in [0.2, 0.25) is 5.91 Å². The maximum atomic E-state index is 12.2. The standard InChI is InChI=1S/C14H27N3O3/c1-5-14(3,4)15-13(20)11(2)17-8-6-16(7-9-17)10-12(18)19/h11H,5-10H2,1-4H3,(H,15,20)(H,18,19). The summed E-state index contributed by atoms with van der Waals surface area (Å²) in [4.78, 5) is 26.9. The quantitative estimate of drug-likeness (QED) is 0.738. The van der Waals surface area contributed by atoms with Gasteiger partial charge in [-0.25, -0.2) is 0 Å². The van der Waals surface area contributed by atoms with Gasteiger partial charge in [0.15, 0.2) is 0 Å². The molecule has 1 saturated heterocycles. The van der Waals surface area contributed by atoms with Crippen molar-refractivity contribution in [3.8, 4) is 0 Å². The van der Waals surface area contributed by atoms with Gasteiger partial charge in [-0.3, -0.25) is 19.4 Å². The number of carbonyl (C=O) groups is 2. The van der Waals surface area contributed by atoms with Crippen LogP contribution in [0.5, 0.6) is 0 Å². The molecule has 1 atom stereocenters. The number of carboxylic acids is 1. The highest BCUT2D eigenvalue weighted by molar-refractivity contribution is 5.82. The minimum atomic E-state index is -0.797. The van der Waals surface area contributed by atoms with E-state index in [1.807, 2.05) is 25.7 Å². The number of carbonyl (C=O) groups excluding carboxylic acids is 1. The highest BCUT2D eigenvalue weighted by Gasteiger charge is 2.28. The molecule has 1 aliphatic heterocycles. The molecular weight excluding hydrogens is 258 g/mol. The van der Waals surface area contributed by atoms with Gasteiger partial charge < -0.3 is 10.4 Å². The van der Waals surface area contributed by atoms with Crippen molar-refractivity contribution in [1.82, 2.24) is 15.1 Å². The monoisotopic (exact) mass is 285 g/mol. The van der Waals surface area contributed by atoms with Crippen molar-refractivity contribution in [3.63, 3.8) is 0 Å². The van der Waals surface area contributed by atoms with Crippen molar-refractivity contribution < 1.29 is 14.7 Å². The van der Waals surface area contributed by atoms with Gasteiger partial charge in [0.05, 0.1) is 12.6 Å². The Morgan fingerprint density at radius 2 is 1.80 bits per heavy atom. The van der Waals surface area contributed by atoms with Gasteiger partial charge in [-0.05, 0) is 27.2 Å².